The molecule has 76 valence electrons. The molecule has 0 atom stereocenters. The van der Waals surface area contributed by atoms with Crippen molar-refractivity contribution in [1.29, 1.82) is 10.5 Å². The third kappa shape index (κ3) is 5.97. The number of nitrogens with zero attached hydrogens (tertiary/aromatic N) is 2. The summed E-state index contributed by atoms with van der Waals surface area (Å²) in [7, 11) is 0. The van der Waals surface area contributed by atoms with E-state index >= 15 is 0 Å². The maximum absolute atomic E-state index is 11.0. The number of carbonyl (C=O) groups excluding carboxylic acids is 1. The fraction of sp³-hybridized carbons (Fsp3) is 0.545. The second-order valence-corrected chi connectivity index (χ2v) is 3.97. The topological polar surface area (TPSA) is 64.7 Å². The molecule has 0 spiro atoms. The highest BCUT2D eigenvalue weighted by molar-refractivity contribution is 5.91. The number of nitriles is 2. The van der Waals surface area contributed by atoms with Gasteiger partial charge < -0.3 is 0 Å². The van der Waals surface area contributed by atoms with Crippen LogP contribution in [0.2, 0.25) is 0 Å². The highest BCUT2D eigenvalue weighted by Crippen LogP contribution is 2.32. The Hall–Kier alpha value is -1.61. The third-order valence-electron chi connectivity index (χ3n) is 1.82. The van der Waals surface area contributed by atoms with Gasteiger partial charge in [-0.25, -0.2) is 10.5 Å². The van der Waals surface area contributed by atoms with Crippen molar-refractivity contribution in [3.8, 4) is 13.1 Å². The summed E-state index contributed by atoms with van der Waals surface area (Å²) in [6.45, 7) is 13.3. The quantitative estimate of drug-likeness (QED) is 0.592. The van der Waals surface area contributed by atoms with Crippen molar-refractivity contribution in [3.63, 3.8) is 0 Å². The Morgan fingerprint density at radius 1 is 1.21 bits per heavy atom. The maximum Gasteiger partial charge on any atom is 0.156 e. The molecule has 0 saturated carbocycles. The second kappa shape index (κ2) is 6.86. The van der Waals surface area contributed by atoms with Crippen LogP contribution in [0.3, 0.4) is 0 Å². The minimum atomic E-state index is 0.204. The number of hydrogen-bond donors (Lipinski definition) is 0. The van der Waals surface area contributed by atoms with Gasteiger partial charge in [0.2, 0.25) is 0 Å². The van der Waals surface area contributed by atoms with Gasteiger partial charge in [0.15, 0.2) is 5.78 Å². The minimum absolute atomic E-state index is 0.204. The van der Waals surface area contributed by atoms with Gasteiger partial charge in [-0.3, -0.25) is 4.79 Å². The van der Waals surface area contributed by atoms with E-state index in [4.69, 9.17) is 10.5 Å². The molecule has 3 nitrogen and oxygen atoms in total. The summed E-state index contributed by atoms with van der Waals surface area (Å²) in [6.07, 6.45) is 3.55. The summed E-state index contributed by atoms with van der Waals surface area (Å²) in [5.74, 6) is 0.286. The molecule has 0 heterocycles. The monoisotopic (exact) mass is 192 g/mol. The number of carbonyl (C=O) groups is 1. The van der Waals surface area contributed by atoms with E-state index in [0.717, 1.165) is 6.42 Å². The van der Waals surface area contributed by atoms with Gasteiger partial charge in [0, 0.05) is 19.6 Å². The van der Waals surface area contributed by atoms with Crippen molar-refractivity contribution < 1.29 is 4.79 Å². The number of rotatable bonds is 0. The van der Waals surface area contributed by atoms with E-state index in [2.05, 4.69) is 27.0 Å². The van der Waals surface area contributed by atoms with Crippen LogP contribution in [0.5, 0.6) is 0 Å². The Labute approximate surface area is 85.7 Å². The van der Waals surface area contributed by atoms with Gasteiger partial charge in [-0.2, -0.15) is 0 Å². The number of hydrogen-bond acceptors (Lipinski definition) is 3. The van der Waals surface area contributed by atoms with Gasteiger partial charge in [0.1, 0.15) is 0 Å². The molecule has 0 unspecified atom stereocenters. The molecule has 0 N–H and O–H groups in total. The first-order valence-corrected chi connectivity index (χ1v) is 4.21. The van der Waals surface area contributed by atoms with Crippen molar-refractivity contribution in [2.45, 2.75) is 33.6 Å². The van der Waals surface area contributed by atoms with Crippen molar-refractivity contribution in [2.75, 3.05) is 0 Å². The molecule has 0 bridgehead atoms. The fourth-order valence-corrected chi connectivity index (χ4v) is 1.67. The summed E-state index contributed by atoms with van der Waals surface area (Å²) in [5.41, 5.74) is 1.43. The van der Waals surface area contributed by atoms with Crippen molar-refractivity contribution >= 4 is 5.78 Å². The normalized spacial score (nSPS) is 17.6. The Morgan fingerprint density at radius 3 is 1.93 bits per heavy atom. The summed E-state index contributed by atoms with van der Waals surface area (Å²) >= 11 is 0. The highest BCUT2D eigenvalue weighted by atomic mass is 16.1. The summed E-state index contributed by atoms with van der Waals surface area (Å²) in [4.78, 5) is 11.0. The van der Waals surface area contributed by atoms with Crippen LogP contribution in [-0.2, 0) is 4.79 Å². The predicted molar refractivity (Wildman–Crippen MR) is 55.1 cm³/mol. The Balaban J connectivity index is 0. The zero-order valence-electron chi connectivity index (χ0n) is 8.95. The molecule has 1 aliphatic rings. The zero-order valence-corrected chi connectivity index (χ0v) is 8.95. The first-order chi connectivity index (χ1) is 6.49. The molecule has 0 amide bonds. The van der Waals surface area contributed by atoms with Crippen molar-refractivity contribution in [2.24, 2.45) is 5.41 Å². The number of allylic oxidation sites excluding steroid dienone is 2. The molecule has 1 rings (SSSR count). The molecule has 0 saturated heterocycles. The molecular weight excluding hydrogens is 176 g/mol. The number of ketones is 1. The lowest BCUT2D eigenvalue weighted by Crippen LogP contribution is -2.20. The second-order valence-electron chi connectivity index (χ2n) is 3.97. The molecule has 0 aromatic carbocycles. The average Bonchev–Trinajstić information content (AvgIpc) is 2.07. The highest BCUT2D eigenvalue weighted by Gasteiger charge is 2.25. The van der Waals surface area contributed by atoms with Crippen LogP contribution in [0.4, 0.5) is 0 Å². The van der Waals surface area contributed by atoms with Crippen LogP contribution >= 0.6 is 0 Å². The Bertz CT molecular complexity index is 253. The van der Waals surface area contributed by atoms with E-state index in [0.29, 0.717) is 6.42 Å². The van der Waals surface area contributed by atoms with Crippen LogP contribution in [0.1, 0.15) is 33.6 Å². The molecule has 0 aliphatic heterocycles. The lowest BCUT2D eigenvalue weighted by Gasteiger charge is -2.27. The van der Waals surface area contributed by atoms with E-state index in [1.807, 2.05) is 6.92 Å². The largest absolute Gasteiger partial charge is 0.295 e. The van der Waals surface area contributed by atoms with E-state index < -0.39 is 0 Å². The van der Waals surface area contributed by atoms with Gasteiger partial charge >= 0.3 is 0 Å². The molecule has 14 heavy (non-hydrogen) atoms. The van der Waals surface area contributed by atoms with Crippen LogP contribution in [0.15, 0.2) is 11.6 Å². The minimum Gasteiger partial charge on any atom is -0.295 e. The van der Waals surface area contributed by atoms with Gasteiger partial charge in [-0.15, -0.1) is 0 Å². The lowest BCUT2D eigenvalue weighted by atomic mass is 9.77. The van der Waals surface area contributed by atoms with Gasteiger partial charge in [0.05, 0.1) is 0 Å². The van der Waals surface area contributed by atoms with Gasteiger partial charge in [-0.05, 0) is 24.8 Å². The van der Waals surface area contributed by atoms with E-state index in [1.54, 1.807) is 6.08 Å². The van der Waals surface area contributed by atoms with Crippen LogP contribution in [0, 0.1) is 29.1 Å². The summed E-state index contributed by atoms with van der Waals surface area (Å²) < 4.78 is 0. The first-order valence-electron chi connectivity index (χ1n) is 4.21. The molecule has 0 radical (unpaired) electrons. The van der Waals surface area contributed by atoms with Crippen LogP contribution in [-0.4, -0.2) is 5.78 Å². The van der Waals surface area contributed by atoms with Gasteiger partial charge in [-0.1, -0.05) is 19.4 Å². The third-order valence-corrected chi connectivity index (χ3v) is 1.82. The van der Waals surface area contributed by atoms with Crippen LogP contribution in [0.25, 0.3) is 0 Å². The van der Waals surface area contributed by atoms with E-state index in [9.17, 15) is 4.79 Å². The van der Waals surface area contributed by atoms with E-state index in [1.165, 1.54) is 5.57 Å². The average molecular weight is 192 g/mol. The molecule has 0 aromatic rings. The smallest absolute Gasteiger partial charge is 0.156 e. The Morgan fingerprint density at radius 2 is 1.64 bits per heavy atom. The maximum atomic E-state index is 11.0. The fourth-order valence-electron chi connectivity index (χ4n) is 1.67. The van der Waals surface area contributed by atoms with Crippen molar-refractivity contribution in [3.05, 3.63) is 11.6 Å². The van der Waals surface area contributed by atoms with Crippen LogP contribution < -0.4 is 0 Å². The van der Waals surface area contributed by atoms with Gasteiger partial charge in [0.25, 0.3) is 0 Å². The standard InChI is InChI=1S/C9H14O.2CHN/c1-7-4-8(10)6-9(2,3)5-7;2*1-2/h4H,5-6H2,1-3H3;2*1H. The Kier molecular flexibility index (Phi) is 7.29. The lowest BCUT2D eigenvalue weighted by molar-refractivity contribution is -0.117. The SMILES string of the molecule is C#N.C#N.CC1=CC(=O)CC(C)(C)C1. The molecule has 0 fully saturated rings. The van der Waals surface area contributed by atoms with Crippen molar-refractivity contribution in [1.82, 2.24) is 0 Å². The predicted octanol–water partition coefficient (Wildman–Crippen LogP) is 2.60. The molecule has 3 heteroatoms. The summed E-state index contributed by atoms with van der Waals surface area (Å²) in [5, 5.41) is 13.0. The molecule has 0 aromatic heterocycles. The molecule has 1 aliphatic carbocycles. The molecular formula is C11H16N2O. The zero-order chi connectivity index (χ0) is 11.8. The summed E-state index contributed by atoms with van der Waals surface area (Å²) in [6, 6.07) is 0. The first kappa shape index (κ1) is 14.9. The van der Waals surface area contributed by atoms with E-state index in [-0.39, 0.29) is 11.2 Å².